The average molecular weight is 341 g/mol. The van der Waals surface area contributed by atoms with Crippen molar-refractivity contribution in [3.8, 4) is 0 Å². The summed E-state index contributed by atoms with van der Waals surface area (Å²) in [5.41, 5.74) is 0. The van der Waals surface area contributed by atoms with Crippen LogP contribution in [0.2, 0.25) is 0 Å². The molecule has 1 fully saturated rings. The Morgan fingerprint density at radius 3 is 1.88 bits per heavy atom. The molecule has 1 aliphatic carbocycles. The molecule has 1 saturated carbocycles. The van der Waals surface area contributed by atoms with Crippen LogP contribution in [0.4, 0.5) is 0 Å². The molecule has 0 saturated heterocycles. The van der Waals surface area contributed by atoms with Crippen LogP contribution in [0.15, 0.2) is 0 Å². The number of ether oxygens (including phenoxy) is 2. The maximum Gasteiger partial charge on any atom is 0.310 e. The first-order valence-corrected chi connectivity index (χ1v) is 9.61. The Morgan fingerprint density at radius 1 is 0.917 bits per heavy atom. The summed E-state index contributed by atoms with van der Waals surface area (Å²) in [7, 11) is 0. The van der Waals surface area contributed by atoms with E-state index in [2.05, 4.69) is 13.8 Å². The fourth-order valence-electron chi connectivity index (χ4n) is 3.59. The summed E-state index contributed by atoms with van der Waals surface area (Å²) in [6.07, 6.45) is 3.94. The molecule has 0 aromatic heterocycles. The van der Waals surface area contributed by atoms with Gasteiger partial charge in [-0.25, -0.2) is 0 Å². The third-order valence-corrected chi connectivity index (χ3v) is 4.82. The Morgan fingerprint density at radius 2 is 1.42 bits per heavy atom. The molecule has 140 valence electrons. The van der Waals surface area contributed by atoms with E-state index in [1.54, 1.807) is 0 Å². The molecular formula is C20H36O4. The van der Waals surface area contributed by atoms with E-state index in [0.29, 0.717) is 25.0 Å². The SMILES string of the molecule is CCCC1CCC(C)C(C(=O)OCC(C)C)C1C(=O)OCC(C)C. The molecule has 0 spiro atoms. The largest absolute Gasteiger partial charge is 0.465 e. The van der Waals surface area contributed by atoms with E-state index in [-0.39, 0.29) is 35.6 Å². The van der Waals surface area contributed by atoms with Crippen LogP contribution in [0.25, 0.3) is 0 Å². The second-order valence-electron chi connectivity index (χ2n) is 8.20. The summed E-state index contributed by atoms with van der Waals surface area (Å²) in [4.78, 5) is 25.4. The summed E-state index contributed by atoms with van der Waals surface area (Å²) in [6.45, 7) is 13.1. The van der Waals surface area contributed by atoms with E-state index in [9.17, 15) is 9.59 Å². The van der Waals surface area contributed by atoms with E-state index < -0.39 is 0 Å². The molecule has 0 aromatic carbocycles. The Labute approximate surface area is 147 Å². The number of esters is 2. The van der Waals surface area contributed by atoms with Crippen molar-refractivity contribution >= 4 is 11.9 Å². The molecule has 0 aliphatic heterocycles. The smallest absolute Gasteiger partial charge is 0.310 e. The first-order chi connectivity index (χ1) is 11.3. The lowest BCUT2D eigenvalue weighted by atomic mass is 9.66. The van der Waals surface area contributed by atoms with Gasteiger partial charge in [0.2, 0.25) is 0 Å². The number of hydrogen-bond donors (Lipinski definition) is 0. The highest BCUT2D eigenvalue weighted by Gasteiger charge is 2.46. The summed E-state index contributed by atoms with van der Waals surface area (Å²) in [5.74, 6) is -0.169. The Balaban J connectivity index is 2.93. The lowest BCUT2D eigenvalue weighted by Crippen LogP contribution is -2.44. The first-order valence-electron chi connectivity index (χ1n) is 9.61. The molecular weight excluding hydrogens is 304 g/mol. The van der Waals surface area contributed by atoms with Crippen LogP contribution >= 0.6 is 0 Å². The van der Waals surface area contributed by atoms with Gasteiger partial charge in [-0.1, -0.05) is 48.0 Å². The lowest BCUT2D eigenvalue weighted by molar-refractivity contribution is -0.170. The second-order valence-corrected chi connectivity index (χ2v) is 8.20. The van der Waals surface area contributed by atoms with Gasteiger partial charge in [0.15, 0.2) is 0 Å². The van der Waals surface area contributed by atoms with Gasteiger partial charge in [-0.3, -0.25) is 9.59 Å². The van der Waals surface area contributed by atoms with Gasteiger partial charge < -0.3 is 9.47 Å². The predicted octanol–water partition coefficient (Wildman–Crippen LogP) is 4.46. The monoisotopic (exact) mass is 340 g/mol. The molecule has 4 nitrogen and oxygen atoms in total. The molecule has 0 amide bonds. The number of carbonyl (C=O) groups excluding carboxylic acids is 2. The molecule has 1 aliphatic rings. The highest BCUT2D eigenvalue weighted by Crippen LogP contribution is 2.42. The minimum atomic E-state index is -0.367. The molecule has 0 aromatic rings. The fourth-order valence-corrected chi connectivity index (χ4v) is 3.59. The summed E-state index contributed by atoms with van der Waals surface area (Å²) in [6, 6.07) is 0. The Bertz CT molecular complexity index is 402. The van der Waals surface area contributed by atoms with E-state index in [0.717, 1.165) is 25.7 Å². The van der Waals surface area contributed by atoms with Gasteiger partial charge in [-0.2, -0.15) is 0 Å². The maximum absolute atomic E-state index is 12.8. The van der Waals surface area contributed by atoms with Gasteiger partial charge in [-0.05, 0) is 42.9 Å². The van der Waals surface area contributed by atoms with Gasteiger partial charge in [0.1, 0.15) is 0 Å². The zero-order valence-corrected chi connectivity index (χ0v) is 16.3. The van der Waals surface area contributed by atoms with E-state index in [1.165, 1.54) is 0 Å². The minimum absolute atomic E-state index is 0.161. The van der Waals surface area contributed by atoms with Crippen molar-refractivity contribution in [2.45, 2.75) is 67.2 Å². The third kappa shape index (κ3) is 6.10. The van der Waals surface area contributed by atoms with Crippen molar-refractivity contribution in [3.05, 3.63) is 0 Å². The summed E-state index contributed by atoms with van der Waals surface area (Å²) in [5, 5.41) is 0. The fraction of sp³-hybridized carbons (Fsp3) is 0.900. The second kappa shape index (κ2) is 10.0. The lowest BCUT2D eigenvalue weighted by Gasteiger charge is -2.39. The molecule has 0 heterocycles. The first kappa shape index (κ1) is 21.0. The van der Waals surface area contributed by atoms with Crippen LogP contribution in [0.5, 0.6) is 0 Å². The summed E-state index contributed by atoms with van der Waals surface area (Å²) < 4.78 is 11.0. The van der Waals surface area contributed by atoms with E-state index in [4.69, 9.17) is 9.47 Å². The highest BCUT2D eigenvalue weighted by molar-refractivity contribution is 5.83. The minimum Gasteiger partial charge on any atom is -0.465 e. The highest BCUT2D eigenvalue weighted by atomic mass is 16.5. The van der Waals surface area contributed by atoms with Crippen molar-refractivity contribution in [1.82, 2.24) is 0 Å². The molecule has 4 unspecified atom stereocenters. The molecule has 1 rings (SSSR count). The van der Waals surface area contributed by atoms with Crippen molar-refractivity contribution in [1.29, 1.82) is 0 Å². The van der Waals surface area contributed by atoms with Crippen LogP contribution in [0.1, 0.15) is 67.2 Å². The van der Waals surface area contributed by atoms with Crippen LogP contribution in [0.3, 0.4) is 0 Å². The van der Waals surface area contributed by atoms with Gasteiger partial charge in [0.25, 0.3) is 0 Å². The van der Waals surface area contributed by atoms with Crippen LogP contribution in [-0.4, -0.2) is 25.2 Å². The molecule has 4 heteroatoms. The number of hydrogen-bond acceptors (Lipinski definition) is 4. The van der Waals surface area contributed by atoms with E-state index in [1.807, 2.05) is 27.7 Å². The zero-order valence-electron chi connectivity index (χ0n) is 16.3. The topological polar surface area (TPSA) is 52.6 Å². The Kier molecular flexibility index (Phi) is 8.79. The van der Waals surface area contributed by atoms with E-state index >= 15 is 0 Å². The molecule has 0 bridgehead atoms. The van der Waals surface area contributed by atoms with Crippen molar-refractivity contribution in [3.63, 3.8) is 0 Å². The van der Waals surface area contributed by atoms with Crippen LogP contribution in [-0.2, 0) is 19.1 Å². The van der Waals surface area contributed by atoms with Crippen LogP contribution < -0.4 is 0 Å². The normalized spacial score (nSPS) is 27.3. The molecule has 0 N–H and O–H groups in total. The zero-order chi connectivity index (χ0) is 18.3. The van der Waals surface area contributed by atoms with Gasteiger partial charge >= 0.3 is 11.9 Å². The van der Waals surface area contributed by atoms with Crippen molar-refractivity contribution < 1.29 is 19.1 Å². The molecule has 4 atom stereocenters. The maximum atomic E-state index is 12.8. The number of rotatable bonds is 8. The van der Waals surface area contributed by atoms with Gasteiger partial charge in [0.05, 0.1) is 25.0 Å². The third-order valence-electron chi connectivity index (χ3n) is 4.82. The predicted molar refractivity (Wildman–Crippen MR) is 95.4 cm³/mol. The van der Waals surface area contributed by atoms with Crippen molar-refractivity contribution in [2.24, 2.45) is 35.5 Å². The number of carbonyl (C=O) groups is 2. The van der Waals surface area contributed by atoms with Crippen molar-refractivity contribution in [2.75, 3.05) is 13.2 Å². The Hall–Kier alpha value is -1.06. The van der Waals surface area contributed by atoms with Crippen LogP contribution in [0, 0.1) is 35.5 Å². The average Bonchev–Trinajstić information content (AvgIpc) is 2.51. The molecule has 24 heavy (non-hydrogen) atoms. The van der Waals surface area contributed by atoms with Gasteiger partial charge in [-0.15, -0.1) is 0 Å². The van der Waals surface area contributed by atoms with Gasteiger partial charge in [0, 0.05) is 0 Å². The standard InChI is InChI=1S/C20H36O4/c1-7-8-16-10-9-15(6)17(19(21)23-11-13(2)3)18(16)20(22)24-12-14(4)5/h13-18H,7-12H2,1-6H3. The summed E-state index contributed by atoms with van der Waals surface area (Å²) >= 11 is 0. The molecule has 0 radical (unpaired) electrons. The quantitative estimate of drug-likeness (QED) is 0.612.